The van der Waals surface area contributed by atoms with Gasteiger partial charge in [-0.05, 0) is 190 Å². The van der Waals surface area contributed by atoms with Gasteiger partial charge in [-0.3, -0.25) is 29.0 Å². The lowest BCUT2D eigenvalue weighted by Gasteiger charge is -2.47. The van der Waals surface area contributed by atoms with E-state index >= 15 is 0 Å². The van der Waals surface area contributed by atoms with Gasteiger partial charge in [-0.2, -0.15) is 0 Å². The van der Waals surface area contributed by atoms with Gasteiger partial charge in [0.25, 0.3) is 0 Å². The molecular weight excluding hydrogens is 1460 g/mol. The number of amides is 2. The Balaban J connectivity index is 0.000000423. The van der Waals surface area contributed by atoms with E-state index in [0.29, 0.717) is 90.6 Å². The minimum Gasteiger partial charge on any atom is -0.458 e. The van der Waals surface area contributed by atoms with E-state index in [2.05, 4.69) is 132 Å². The van der Waals surface area contributed by atoms with E-state index in [-0.39, 0.29) is 78.0 Å². The van der Waals surface area contributed by atoms with Crippen molar-refractivity contribution >= 4 is 58.3 Å². The van der Waals surface area contributed by atoms with Crippen LogP contribution in [0.3, 0.4) is 0 Å². The number of carbonyl (C=O) groups excluding carboxylic acids is 6. The summed E-state index contributed by atoms with van der Waals surface area (Å²) in [5.74, 6) is -4.60. The molecule has 25 atom stereocenters. The number of cyclic esters (lactones) is 2. The van der Waals surface area contributed by atoms with Gasteiger partial charge < -0.3 is 67.8 Å². The molecule has 0 spiro atoms. The van der Waals surface area contributed by atoms with Crippen molar-refractivity contribution in [2.45, 2.75) is 296 Å². The first-order chi connectivity index (χ1) is 49.4. The van der Waals surface area contributed by atoms with Crippen molar-refractivity contribution in [3.8, 4) is 0 Å². The van der Waals surface area contributed by atoms with E-state index in [1.165, 1.54) is 0 Å². The molecule has 600 valence electrons. The number of fused-ring (bicyclic) bond motifs is 2. The van der Waals surface area contributed by atoms with Crippen molar-refractivity contribution in [3.63, 3.8) is 0 Å². The van der Waals surface area contributed by atoms with Crippen LogP contribution < -0.4 is 10.6 Å². The predicted molar refractivity (Wildman–Crippen MR) is 412 cm³/mol. The number of esters is 2. The van der Waals surface area contributed by atoms with Gasteiger partial charge >= 0.3 is 24.1 Å². The van der Waals surface area contributed by atoms with Gasteiger partial charge in [-0.25, -0.2) is 9.59 Å². The van der Waals surface area contributed by atoms with Crippen LogP contribution in [-0.4, -0.2) is 249 Å². The molecule has 6 saturated heterocycles. The van der Waals surface area contributed by atoms with Crippen LogP contribution >= 0.6 is 22.6 Å². The summed E-state index contributed by atoms with van der Waals surface area (Å²) in [6.07, 6.45) is 3.53. The third kappa shape index (κ3) is 24.1. The first kappa shape index (κ1) is 92.6. The Hall–Kier alpha value is -4.75. The maximum atomic E-state index is 14.6. The Morgan fingerprint density at radius 2 is 1.03 bits per heavy atom. The number of hydrogen-bond donors (Lipinski definition) is 2. The lowest BCUT2D eigenvalue weighted by atomic mass is 9.77. The van der Waals surface area contributed by atoms with Crippen LogP contribution in [0.5, 0.6) is 0 Å². The van der Waals surface area contributed by atoms with Gasteiger partial charge in [0.2, 0.25) is 0 Å². The maximum absolute atomic E-state index is 14.6. The fourth-order valence-electron chi connectivity index (χ4n) is 17.0. The second-order valence-corrected chi connectivity index (χ2v) is 32.5. The van der Waals surface area contributed by atoms with Gasteiger partial charge in [0.15, 0.2) is 29.6 Å². The van der Waals surface area contributed by atoms with Crippen molar-refractivity contribution in [1.29, 1.82) is 0 Å². The van der Waals surface area contributed by atoms with Gasteiger partial charge in [0.05, 0.1) is 47.7 Å². The molecule has 0 aromatic rings. The third-order valence-electron chi connectivity index (χ3n) is 22.8. The Kier molecular flexibility index (Phi) is 37.9. The number of alkyl halides is 1. The predicted octanol–water partition coefficient (Wildman–Crippen LogP) is 12.6. The van der Waals surface area contributed by atoms with E-state index in [0.717, 1.165) is 17.3 Å². The van der Waals surface area contributed by atoms with E-state index in [1.54, 1.807) is 50.9 Å². The van der Waals surface area contributed by atoms with Crippen LogP contribution in [0.1, 0.15) is 188 Å². The van der Waals surface area contributed by atoms with Crippen LogP contribution in [0.4, 0.5) is 9.59 Å². The van der Waals surface area contributed by atoms with Crippen molar-refractivity contribution in [2.75, 3.05) is 86.1 Å². The molecule has 2 N–H and O–H groups in total. The Morgan fingerprint density at radius 3 is 1.39 bits per heavy atom. The monoisotopic (exact) mass is 1600 g/mol. The normalized spacial score (nSPS) is 38.4. The lowest BCUT2D eigenvalue weighted by molar-refractivity contribution is -0.281. The number of ether oxygens (including phenoxy) is 10. The molecule has 29 heteroatoms. The summed E-state index contributed by atoms with van der Waals surface area (Å²) in [5, 5.41) is 14.5. The van der Waals surface area contributed by atoms with Crippen molar-refractivity contribution < 1.29 is 76.1 Å². The van der Waals surface area contributed by atoms with Crippen LogP contribution in [-0.2, 0) is 66.5 Å². The van der Waals surface area contributed by atoms with Gasteiger partial charge in [-0.15, -0.1) is 13.2 Å². The smallest absolute Gasteiger partial charge is 0.410 e. The molecule has 6 aliphatic heterocycles. The van der Waals surface area contributed by atoms with Crippen LogP contribution in [0, 0.1) is 41.4 Å². The number of ketones is 2. The van der Waals surface area contributed by atoms with Crippen molar-refractivity contribution in [3.05, 3.63) is 46.2 Å². The summed E-state index contributed by atoms with van der Waals surface area (Å²) in [5.41, 5.74) is 13.1. The Labute approximate surface area is 640 Å². The molecule has 0 bridgehead atoms. The number of nitrogens with zero attached hydrogens (tertiary/aromatic N) is 10. The van der Waals surface area contributed by atoms with Crippen molar-refractivity contribution in [2.24, 2.45) is 51.7 Å². The van der Waals surface area contributed by atoms with E-state index in [4.69, 9.17) is 58.4 Å². The number of allylic oxidation sites excluding steroid dienone is 2. The standard InChI is InChI=1S/C38H66N6O8.C35H62N6O8.C3H5I/c1-13-17-28-31(45)26(6)33(51-35-25(5)29(43(10)11)20-24(4)49-35)37(8,48-12)21-23(3)22-40-27(7)32-38(9,30(14-2)50-34(28)46)52-36(47)44(32)19-16-15-18-41-42-39;1-12-28-35(8)30(41(33(44)49-35)16-14-13-15-38-39-36)25(6)37-20-21(2)19-34(7,45-11)31(24(5)27(42)18-29(43)47-28)48-32-23(4)26(40(9)10)17-22(3)46-32;1-2-3-4/h13,23-30,32-33,35,40H,1,14-22H2,2-12H3;21-26,28,30-32,37H,12-20H2,1-11H3;2H,1,3H2/t23-,24?,25?,26+,27-,28-,29?,30-,32-,33-,35+,37-,38-;21-,22?,23?,24+,25-,26?,28-,30-,31-,32+,34-,35-;/m11./s1. The van der Waals surface area contributed by atoms with Gasteiger partial charge in [-0.1, -0.05) is 100 Å². The quantitative estimate of drug-likeness (QED) is 0.00917. The van der Waals surface area contributed by atoms with Crippen LogP contribution in [0.2, 0.25) is 0 Å². The molecular formula is C76H133IN12O16. The second-order valence-electron chi connectivity index (χ2n) is 31.6. The van der Waals surface area contributed by atoms with Gasteiger partial charge in [0, 0.05) is 102 Å². The highest BCUT2D eigenvalue weighted by atomic mass is 127. The molecule has 105 heavy (non-hydrogen) atoms. The lowest BCUT2D eigenvalue weighted by Crippen LogP contribution is -2.61. The van der Waals surface area contributed by atoms with Crippen LogP contribution in [0.25, 0.3) is 20.9 Å². The minimum atomic E-state index is -1.23. The summed E-state index contributed by atoms with van der Waals surface area (Å²) in [4.78, 5) is 96.6. The van der Waals surface area contributed by atoms with E-state index in [1.807, 2.05) is 68.4 Å². The highest BCUT2D eigenvalue weighted by Gasteiger charge is 2.61. The number of Topliss-reactive ketones (excluding diaryl/α,β-unsaturated/α-hetero) is 2. The maximum Gasteiger partial charge on any atom is 0.410 e. The molecule has 6 rings (SSSR count). The number of carbonyl (C=O) groups is 6. The molecule has 0 saturated carbocycles. The first-order valence-corrected chi connectivity index (χ1v) is 39.7. The van der Waals surface area contributed by atoms with E-state index in [9.17, 15) is 28.8 Å². The fourth-order valence-corrected chi connectivity index (χ4v) is 17.0. The number of nitrogens with one attached hydrogen (secondary N) is 2. The molecule has 0 aliphatic carbocycles. The molecule has 6 heterocycles. The van der Waals surface area contributed by atoms with Crippen LogP contribution in [0.15, 0.2) is 35.5 Å². The summed E-state index contributed by atoms with van der Waals surface area (Å²) >= 11 is 2.23. The average Bonchev–Trinajstić information content (AvgIpc) is 1.64. The molecule has 0 radical (unpaired) electrons. The zero-order chi connectivity index (χ0) is 79.1. The first-order valence-electron chi connectivity index (χ1n) is 38.2. The highest BCUT2D eigenvalue weighted by Crippen LogP contribution is 2.44. The summed E-state index contributed by atoms with van der Waals surface area (Å²) in [7, 11) is 11.5. The fraction of sp³-hybridized carbons (Fsp3) is 0.868. The topological polar surface area (TPSA) is 329 Å². The molecule has 6 aliphatic rings. The number of azide groups is 2. The molecule has 0 aromatic heterocycles. The Bertz CT molecular complexity index is 2910. The zero-order valence-electron chi connectivity index (χ0n) is 67.5. The summed E-state index contributed by atoms with van der Waals surface area (Å²) in [6.45, 7) is 41.3. The van der Waals surface area contributed by atoms with E-state index < -0.39 is 120 Å². The number of halogens is 1. The summed E-state index contributed by atoms with van der Waals surface area (Å²) < 4.78 is 64.6. The molecule has 0 aromatic carbocycles. The average molecular weight is 1600 g/mol. The molecule has 6 unspecified atom stereocenters. The number of hydrogen-bond acceptors (Lipinski definition) is 22. The molecule has 2 amide bonds. The van der Waals surface area contributed by atoms with Gasteiger partial charge in [0.1, 0.15) is 30.3 Å². The highest BCUT2D eigenvalue weighted by molar-refractivity contribution is 14.1. The summed E-state index contributed by atoms with van der Waals surface area (Å²) in [6, 6.07) is -1.09. The van der Waals surface area contributed by atoms with Crippen molar-refractivity contribution in [1.82, 2.24) is 30.2 Å². The molecule has 28 nitrogen and oxygen atoms in total. The molecule has 6 fully saturated rings. The largest absolute Gasteiger partial charge is 0.458 e. The zero-order valence-corrected chi connectivity index (χ0v) is 69.7. The minimum absolute atomic E-state index is 0.00436. The SMILES string of the molecule is C=CCI.C=CC[C@H]1C(=O)O[C@H](CC)[C@@]2(C)OC(=O)N(CCCCN=[N+]=[N-])[C@@H]2[C@@H](C)NC[C@H](C)C[C@@](C)(OC)[C@H](O[C@@H]2OC(C)CC(N(C)C)C2C)[C@@H](C)C1=O.CC[C@H]1OC(=O)CC(=O)[C@H](C)[C@@H](O[C@@H]2OC(C)CC(N(C)C)C2C)[C@](C)(OC)C[C@@H](C)CN[C@H](C)[C@H]2N(CCCCN=[N+]=[N-])C(=O)O[C@]12C. The second kappa shape index (κ2) is 43.0. The number of methoxy groups -OCH3 is 2. The number of unbranched alkanes of at least 4 members (excludes halogenated alkanes) is 2. The number of rotatable bonds is 23. The third-order valence-corrected chi connectivity index (χ3v) is 23.4. The Morgan fingerprint density at radius 1 is 0.629 bits per heavy atom.